The van der Waals surface area contributed by atoms with Gasteiger partial charge in [-0.15, -0.1) is 0 Å². The topological polar surface area (TPSA) is 156 Å². The van der Waals surface area contributed by atoms with Crippen LogP contribution in [0.3, 0.4) is 0 Å². The molecule has 1 aliphatic heterocycles. The lowest BCUT2D eigenvalue weighted by Gasteiger charge is -2.06. The Labute approximate surface area is 225 Å². The molecule has 10 nitrogen and oxygen atoms in total. The smallest absolute Gasteiger partial charge is 0.337 e. The van der Waals surface area contributed by atoms with Crippen LogP contribution in [-0.4, -0.2) is 58.8 Å². The molecule has 0 aliphatic carbocycles. The highest BCUT2D eigenvalue weighted by molar-refractivity contribution is 6.34. The summed E-state index contributed by atoms with van der Waals surface area (Å²) in [7, 11) is 0. The van der Waals surface area contributed by atoms with Crippen LogP contribution in [0.4, 0.5) is 10.1 Å². The largest absolute Gasteiger partial charge is 0.478 e. The number of aryl methyl sites for hydroxylation is 2. The maximum atomic E-state index is 13.6. The number of hydrogen-bond acceptors (Lipinski definition) is 5. The summed E-state index contributed by atoms with van der Waals surface area (Å²) in [5, 5.41) is 17.5. The lowest BCUT2D eigenvalue weighted by atomic mass is 10.0. The van der Waals surface area contributed by atoms with Gasteiger partial charge in [-0.3, -0.25) is 14.4 Å². The van der Waals surface area contributed by atoms with Crippen LogP contribution in [0.2, 0.25) is 0 Å². The van der Waals surface area contributed by atoms with Gasteiger partial charge in [0.1, 0.15) is 5.82 Å². The van der Waals surface area contributed by atoms with Crippen molar-refractivity contribution >= 4 is 41.4 Å². The van der Waals surface area contributed by atoms with Crippen molar-refractivity contribution < 1.29 is 28.7 Å². The van der Waals surface area contributed by atoms with Crippen molar-refractivity contribution in [2.24, 2.45) is 0 Å². The van der Waals surface area contributed by atoms with E-state index >= 15 is 0 Å². The van der Waals surface area contributed by atoms with E-state index in [1.165, 1.54) is 12.1 Å². The van der Waals surface area contributed by atoms with Gasteiger partial charge >= 0.3 is 5.97 Å². The summed E-state index contributed by atoms with van der Waals surface area (Å²) in [6, 6.07) is 4.18. The lowest BCUT2D eigenvalue weighted by Crippen LogP contribution is -2.32. The van der Waals surface area contributed by atoms with Crippen LogP contribution in [0.5, 0.6) is 0 Å². The number of benzene rings is 1. The maximum absolute atomic E-state index is 13.6. The van der Waals surface area contributed by atoms with Gasteiger partial charge in [0.05, 0.1) is 22.4 Å². The van der Waals surface area contributed by atoms with Gasteiger partial charge in [0.25, 0.3) is 11.8 Å². The molecule has 0 saturated heterocycles. The summed E-state index contributed by atoms with van der Waals surface area (Å²) in [5.74, 6) is -1.87. The van der Waals surface area contributed by atoms with Gasteiger partial charge in [0.15, 0.2) is 6.29 Å². The minimum absolute atomic E-state index is 0.161. The van der Waals surface area contributed by atoms with Crippen LogP contribution in [-0.2, 0) is 4.79 Å². The number of aromatic carboxylic acids is 1. The lowest BCUT2D eigenvalue weighted by molar-refractivity contribution is -0.110. The average molecular weight is 538 g/mol. The van der Waals surface area contributed by atoms with Gasteiger partial charge in [-0.2, -0.15) is 0 Å². The molecule has 0 atom stereocenters. The SMILES string of the molecule is CCNCCNC(=O)c1c(C)[nH]c(/C=C2\C(=O)Nc3ccc(F)cc32)c1C.Cc1[nH]c(C=O)c(C)c1C(=O)O. The Kier molecular flexibility index (Phi) is 9.20. The zero-order valence-electron chi connectivity index (χ0n) is 22.5. The molecule has 4 rings (SSSR count). The molecule has 1 aliphatic rings. The maximum Gasteiger partial charge on any atom is 0.337 e. The molecular weight excluding hydrogens is 505 g/mol. The Bertz CT molecular complexity index is 1470. The molecule has 6 N–H and O–H groups in total. The minimum Gasteiger partial charge on any atom is -0.478 e. The molecule has 0 bridgehead atoms. The van der Waals surface area contributed by atoms with E-state index in [0.29, 0.717) is 64.4 Å². The molecule has 3 heterocycles. The molecule has 2 amide bonds. The van der Waals surface area contributed by atoms with Gasteiger partial charge in [-0.25, -0.2) is 9.18 Å². The summed E-state index contributed by atoms with van der Waals surface area (Å²) in [6.45, 7) is 11.0. The Hall–Kier alpha value is -4.51. The monoisotopic (exact) mass is 537 g/mol. The predicted molar refractivity (Wildman–Crippen MR) is 147 cm³/mol. The number of rotatable bonds is 8. The molecule has 206 valence electrons. The first-order chi connectivity index (χ1) is 18.5. The normalized spacial score (nSPS) is 13.0. The molecule has 0 saturated carbocycles. The van der Waals surface area contributed by atoms with E-state index in [9.17, 15) is 23.6 Å². The number of carboxylic acid groups (broad SMARTS) is 1. The van der Waals surface area contributed by atoms with E-state index < -0.39 is 11.8 Å². The van der Waals surface area contributed by atoms with Crippen molar-refractivity contribution in [2.45, 2.75) is 34.6 Å². The third kappa shape index (κ3) is 6.32. The average Bonchev–Trinajstić information content (AvgIpc) is 3.46. The number of amides is 2. The van der Waals surface area contributed by atoms with E-state index in [0.717, 1.165) is 17.8 Å². The third-order valence-electron chi connectivity index (χ3n) is 6.40. The second kappa shape index (κ2) is 12.4. The van der Waals surface area contributed by atoms with Gasteiger partial charge < -0.3 is 31.0 Å². The number of H-pyrrole nitrogens is 2. The second-order valence-electron chi connectivity index (χ2n) is 9.06. The molecule has 3 aromatic rings. The Morgan fingerprint density at radius 1 is 1.00 bits per heavy atom. The fraction of sp³-hybridized carbons (Fsp3) is 0.286. The predicted octanol–water partition coefficient (Wildman–Crippen LogP) is 3.74. The summed E-state index contributed by atoms with van der Waals surface area (Å²) in [4.78, 5) is 51.7. The quantitative estimate of drug-likeness (QED) is 0.146. The van der Waals surface area contributed by atoms with E-state index in [-0.39, 0.29) is 17.4 Å². The van der Waals surface area contributed by atoms with Crippen molar-refractivity contribution in [3.8, 4) is 0 Å². The number of halogens is 1. The fourth-order valence-corrected chi connectivity index (χ4v) is 4.45. The van der Waals surface area contributed by atoms with Crippen LogP contribution in [0.25, 0.3) is 11.6 Å². The summed E-state index contributed by atoms with van der Waals surface area (Å²) in [6.07, 6.45) is 2.28. The Morgan fingerprint density at radius 2 is 1.64 bits per heavy atom. The van der Waals surface area contributed by atoms with E-state index in [1.54, 1.807) is 26.0 Å². The molecule has 0 fully saturated rings. The molecular formula is C28H32FN5O5. The first-order valence-electron chi connectivity index (χ1n) is 12.4. The summed E-state index contributed by atoms with van der Waals surface area (Å²) in [5.41, 5.74) is 5.70. The van der Waals surface area contributed by atoms with Crippen LogP contribution in [0.15, 0.2) is 18.2 Å². The number of hydrogen-bond donors (Lipinski definition) is 6. The fourth-order valence-electron chi connectivity index (χ4n) is 4.45. The molecule has 2 aromatic heterocycles. The number of aldehydes is 1. The highest BCUT2D eigenvalue weighted by Crippen LogP contribution is 2.34. The first kappa shape index (κ1) is 29.1. The standard InChI is InChI=1S/C20H23FN4O2.C8H9NO3/c1-4-22-7-8-23-20(27)18-11(2)17(24-12(18)3)10-15-14-9-13(21)5-6-16(14)25-19(15)26;1-4-6(3-10)9-5(2)7(4)8(11)12/h5-6,9-10,22,24H,4,7-8H2,1-3H3,(H,23,27)(H,25,26);3,9H,1-2H3,(H,11,12)/b15-10-;. The van der Waals surface area contributed by atoms with Crippen LogP contribution >= 0.6 is 0 Å². The first-order valence-corrected chi connectivity index (χ1v) is 12.4. The minimum atomic E-state index is -1.01. The Balaban J connectivity index is 0.000000293. The summed E-state index contributed by atoms with van der Waals surface area (Å²) < 4.78 is 13.6. The highest BCUT2D eigenvalue weighted by Gasteiger charge is 2.26. The Morgan fingerprint density at radius 3 is 2.23 bits per heavy atom. The van der Waals surface area contributed by atoms with Crippen molar-refractivity contribution in [3.05, 3.63) is 74.6 Å². The number of fused-ring (bicyclic) bond motifs is 1. The number of aromatic nitrogens is 2. The molecule has 0 radical (unpaired) electrons. The van der Waals surface area contributed by atoms with Crippen LogP contribution in [0, 0.1) is 33.5 Å². The van der Waals surface area contributed by atoms with Crippen molar-refractivity contribution in [1.82, 2.24) is 20.6 Å². The van der Waals surface area contributed by atoms with E-state index in [4.69, 9.17) is 5.11 Å². The number of likely N-dealkylation sites (N-methyl/N-ethyl adjacent to an activating group) is 1. The second-order valence-corrected chi connectivity index (χ2v) is 9.06. The number of anilines is 1. The van der Waals surface area contributed by atoms with Crippen molar-refractivity contribution in [1.29, 1.82) is 0 Å². The van der Waals surface area contributed by atoms with Crippen LogP contribution in [0.1, 0.15) is 71.9 Å². The molecule has 39 heavy (non-hydrogen) atoms. The number of aromatic amines is 2. The number of carbonyl (C=O) groups is 4. The van der Waals surface area contributed by atoms with Gasteiger partial charge in [0, 0.05) is 41.4 Å². The van der Waals surface area contributed by atoms with Crippen molar-refractivity contribution in [2.75, 3.05) is 25.0 Å². The van der Waals surface area contributed by atoms with Crippen LogP contribution < -0.4 is 16.0 Å². The van der Waals surface area contributed by atoms with Gasteiger partial charge in [0.2, 0.25) is 0 Å². The number of carboxylic acids is 1. The third-order valence-corrected chi connectivity index (χ3v) is 6.40. The number of carbonyl (C=O) groups excluding carboxylic acids is 3. The zero-order chi connectivity index (χ0) is 28.9. The van der Waals surface area contributed by atoms with E-state index in [2.05, 4.69) is 25.9 Å². The molecule has 0 unspecified atom stereocenters. The number of nitrogens with one attached hydrogen (secondary N) is 5. The van der Waals surface area contributed by atoms with Crippen molar-refractivity contribution in [3.63, 3.8) is 0 Å². The molecule has 11 heteroatoms. The molecule has 1 aromatic carbocycles. The zero-order valence-corrected chi connectivity index (χ0v) is 22.5. The van der Waals surface area contributed by atoms with Gasteiger partial charge in [-0.1, -0.05) is 6.92 Å². The van der Waals surface area contributed by atoms with Gasteiger partial charge in [-0.05, 0) is 69.6 Å². The highest BCUT2D eigenvalue weighted by atomic mass is 19.1. The summed E-state index contributed by atoms with van der Waals surface area (Å²) >= 11 is 0. The van der Waals surface area contributed by atoms with E-state index in [1.807, 2.05) is 20.8 Å². The molecule has 0 spiro atoms.